The summed E-state index contributed by atoms with van der Waals surface area (Å²) in [6.07, 6.45) is 0. The Bertz CT molecular complexity index is 913. The average Bonchev–Trinajstić information content (AvgIpc) is 2.74. The molecule has 0 saturated carbocycles. The highest BCUT2D eigenvalue weighted by molar-refractivity contribution is 9.10. The number of nitrogens with one attached hydrogen (secondary N) is 1. The van der Waals surface area contributed by atoms with Crippen molar-refractivity contribution in [1.82, 2.24) is 4.90 Å². The predicted molar refractivity (Wildman–Crippen MR) is 108 cm³/mol. The first-order valence-electron chi connectivity index (χ1n) is 8.78. The SMILES string of the molecule is O=C(COc1ccc(C(=O)N2CCOCC2)cc1)Nc1cc([N+](=O)[O-])ccc1Br. The van der Waals surface area contributed by atoms with E-state index in [1.807, 2.05) is 0 Å². The van der Waals surface area contributed by atoms with Crippen LogP contribution in [0.5, 0.6) is 5.75 Å². The lowest BCUT2D eigenvalue weighted by molar-refractivity contribution is -0.384. The van der Waals surface area contributed by atoms with Gasteiger partial charge in [0.25, 0.3) is 17.5 Å². The number of carbonyl (C=O) groups excluding carboxylic acids is 2. The van der Waals surface area contributed by atoms with Crippen molar-refractivity contribution < 1.29 is 24.0 Å². The van der Waals surface area contributed by atoms with Crippen molar-refractivity contribution in [2.45, 2.75) is 0 Å². The summed E-state index contributed by atoms with van der Waals surface area (Å²) in [5.74, 6) is -0.121. The summed E-state index contributed by atoms with van der Waals surface area (Å²) in [4.78, 5) is 36.5. The van der Waals surface area contributed by atoms with Crippen LogP contribution in [0.15, 0.2) is 46.9 Å². The Balaban J connectivity index is 1.54. The fraction of sp³-hybridized carbons (Fsp3) is 0.263. The molecule has 152 valence electrons. The zero-order chi connectivity index (χ0) is 20.8. The lowest BCUT2D eigenvalue weighted by atomic mass is 10.2. The Morgan fingerprint density at radius 2 is 1.86 bits per heavy atom. The van der Waals surface area contributed by atoms with Gasteiger partial charge in [0.05, 0.1) is 23.8 Å². The smallest absolute Gasteiger partial charge is 0.271 e. The first-order valence-corrected chi connectivity index (χ1v) is 9.57. The molecular formula is C19H18BrN3O6. The zero-order valence-corrected chi connectivity index (χ0v) is 16.9. The van der Waals surface area contributed by atoms with E-state index in [1.54, 1.807) is 29.2 Å². The highest BCUT2D eigenvalue weighted by atomic mass is 79.9. The fourth-order valence-corrected chi connectivity index (χ4v) is 3.05. The van der Waals surface area contributed by atoms with E-state index in [2.05, 4.69) is 21.2 Å². The molecule has 3 rings (SSSR count). The van der Waals surface area contributed by atoms with Crippen molar-refractivity contribution in [3.05, 3.63) is 62.6 Å². The third kappa shape index (κ3) is 5.52. The number of nitro groups is 1. The number of hydrogen-bond donors (Lipinski definition) is 1. The van der Waals surface area contributed by atoms with Gasteiger partial charge in [-0.25, -0.2) is 0 Å². The molecule has 1 aliphatic rings. The maximum Gasteiger partial charge on any atom is 0.271 e. The Morgan fingerprint density at radius 1 is 1.17 bits per heavy atom. The second kappa shape index (κ2) is 9.48. The van der Waals surface area contributed by atoms with E-state index in [-0.39, 0.29) is 23.9 Å². The van der Waals surface area contributed by atoms with Crippen LogP contribution in [0, 0.1) is 10.1 Å². The van der Waals surface area contributed by atoms with Gasteiger partial charge in [0.1, 0.15) is 5.75 Å². The fourth-order valence-electron chi connectivity index (χ4n) is 2.70. The summed E-state index contributed by atoms with van der Waals surface area (Å²) in [7, 11) is 0. The molecule has 0 unspecified atom stereocenters. The van der Waals surface area contributed by atoms with Crippen LogP contribution in [0.2, 0.25) is 0 Å². The van der Waals surface area contributed by atoms with Gasteiger partial charge >= 0.3 is 0 Å². The number of rotatable bonds is 6. The maximum absolute atomic E-state index is 12.4. The van der Waals surface area contributed by atoms with E-state index >= 15 is 0 Å². The number of amides is 2. The van der Waals surface area contributed by atoms with Gasteiger partial charge in [-0.05, 0) is 46.3 Å². The van der Waals surface area contributed by atoms with Crippen LogP contribution >= 0.6 is 15.9 Å². The van der Waals surface area contributed by atoms with Crippen LogP contribution in [0.25, 0.3) is 0 Å². The summed E-state index contributed by atoms with van der Waals surface area (Å²) in [6.45, 7) is 1.90. The number of non-ortho nitro benzene ring substituents is 1. The molecule has 2 aromatic carbocycles. The summed E-state index contributed by atoms with van der Waals surface area (Å²) in [6, 6.07) is 10.6. The minimum Gasteiger partial charge on any atom is -0.484 e. The molecule has 9 nitrogen and oxygen atoms in total. The molecule has 0 atom stereocenters. The quantitative estimate of drug-likeness (QED) is 0.520. The first kappa shape index (κ1) is 20.7. The lowest BCUT2D eigenvalue weighted by Gasteiger charge is -2.26. The van der Waals surface area contributed by atoms with Crippen LogP contribution < -0.4 is 10.1 Å². The summed E-state index contributed by atoms with van der Waals surface area (Å²) < 4.78 is 11.2. The van der Waals surface area contributed by atoms with E-state index in [9.17, 15) is 19.7 Å². The number of carbonyl (C=O) groups is 2. The van der Waals surface area contributed by atoms with E-state index in [4.69, 9.17) is 9.47 Å². The first-order chi connectivity index (χ1) is 13.9. The average molecular weight is 464 g/mol. The molecule has 1 fully saturated rings. The highest BCUT2D eigenvalue weighted by Gasteiger charge is 2.18. The zero-order valence-electron chi connectivity index (χ0n) is 15.3. The van der Waals surface area contributed by atoms with Crippen molar-refractivity contribution in [3.63, 3.8) is 0 Å². The molecule has 10 heteroatoms. The third-order valence-electron chi connectivity index (χ3n) is 4.20. The largest absolute Gasteiger partial charge is 0.484 e. The van der Waals surface area contributed by atoms with Crippen molar-refractivity contribution in [1.29, 1.82) is 0 Å². The number of halogens is 1. The summed E-state index contributed by atoms with van der Waals surface area (Å²) >= 11 is 3.24. The van der Waals surface area contributed by atoms with Crippen LogP contribution in [-0.2, 0) is 9.53 Å². The van der Waals surface area contributed by atoms with Gasteiger partial charge in [-0.3, -0.25) is 19.7 Å². The molecule has 0 aliphatic carbocycles. The van der Waals surface area contributed by atoms with Crippen molar-refractivity contribution in [3.8, 4) is 5.75 Å². The van der Waals surface area contributed by atoms with Crippen molar-refractivity contribution in [2.75, 3.05) is 38.2 Å². The molecule has 1 heterocycles. The molecule has 1 saturated heterocycles. The minimum absolute atomic E-state index is 0.0758. The summed E-state index contributed by atoms with van der Waals surface area (Å²) in [5, 5.41) is 13.4. The van der Waals surface area contributed by atoms with Gasteiger partial charge in [-0.2, -0.15) is 0 Å². The van der Waals surface area contributed by atoms with Crippen molar-refractivity contribution in [2.24, 2.45) is 0 Å². The normalized spacial score (nSPS) is 13.6. The molecule has 0 radical (unpaired) electrons. The Kier molecular flexibility index (Phi) is 6.78. The van der Waals surface area contributed by atoms with Crippen LogP contribution in [0.4, 0.5) is 11.4 Å². The van der Waals surface area contributed by atoms with E-state index in [0.717, 1.165) is 0 Å². The number of morpholine rings is 1. The number of benzene rings is 2. The third-order valence-corrected chi connectivity index (χ3v) is 4.90. The minimum atomic E-state index is -0.543. The molecule has 2 aromatic rings. The molecule has 1 N–H and O–H groups in total. The van der Waals surface area contributed by atoms with Crippen LogP contribution in [0.1, 0.15) is 10.4 Å². The number of ether oxygens (including phenoxy) is 2. The second-order valence-corrected chi connectivity index (χ2v) is 7.04. The molecular weight excluding hydrogens is 446 g/mol. The number of hydrogen-bond acceptors (Lipinski definition) is 6. The molecule has 29 heavy (non-hydrogen) atoms. The van der Waals surface area contributed by atoms with Crippen LogP contribution in [0.3, 0.4) is 0 Å². The molecule has 2 amide bonds. The Hall–Kier alpha value is -2.98. The van der Waals surface area contributed by atoms with E-state index in [1.165, 1.54) is 18.2 Å². The lowest BCUT2D eigenvalue weighted by Crippen LogP contribution is -2.40. The number of anilines is 1. The molecule has 0 spiro atoms. The molecule has 0 bridgehead atoms. The topological polar surface area (TPSA) is 111 Å². The Morgan fingerprint density at radius 3 is 2.52 bits per heavy atom. The van der Waals surface area contributed by atoms with Gasteiger partial charge < -0.3 is 19.7 Å². The monoisotopic (exact) mass is 463 g/mol. The van der Waals surface area contributed by atoms with Gasteiger partial charge in [-0.15, -0.1) is 0 Å². The number of nitro benzene ring substituents is 1. The number of nitrogens with zero attached hydrogens (tertiary/aromatic N) is 2. The Labute approximate surface area is 174 Å². The maximum atomic E-state index is 12.4. The van der Waals surface area contributed by atoms with Gasteiger partial charge in [0.15, 0.2) is 6.61 Å². The van der Waals surface area contributed by atoms with Crippen molar-refractivity contribution >= 4 is 39.1 Å². The molecule has 0 aromatic heterocycles. The molecule has 1 aliphatic heterocycles. The summed E-state index contributed by atoms with van der Waals surface area (Å²) in [5.41, 5.74) is 0.674. The van der Waals surface area contributed by atoms with E-state index < -0.39 is 10.8 Å². The van der Waals surface area contributed by atoms with Gasteiger partial charge in [-0.1, -0.05) is 0 Å². The second-order valence-electron chi connectivity index (χ2n) is 6.19. The van der Waals surface area contributed by atoms with Crippen LogP contribution in [-0.4, -0.2) is 54.5 Å². The highest BCUT2D eigenvalue weighted by Crippen LogP contribution is 2.27. The predicted octanol–water partition coefficient (Wildman–Crippen LogP) is 2.85. The van der Waals surface area contributed by atoms with Gasteiger partial charge in [0, 0.05) is 35.3 Å². The standard InChI is InChI=1S/C19H18BrN3O6/c20-16-6-3-14(23(26)27)11-17(16)21-18(24)12-29-15-4-1-13(2-5-15)19(25)22-7-9-28-10-8-22/h1-6,11H,7-10,12H2,(H,21,24). The van der Waals surface area contributed by atoms with E-state index in [0.29, 0.717) is 42.1 Å². The van der Waals surface area contributed by atoms with Gasteiger partial charge in [0.2, 0.25) is 0 Å².